The molecule has 1 aliphatic rings. The van der Waals surface area contributed by atoms with Crippen molar-refractivity contribution in [3.05, 3.63) is 41.6 Å². The van der Waals surface area contributed by atoms with E-state index in [1.54, 1.807) is 0 Å². The second kappa shape index (κ2) is 9.89. The van der Waals surface area contributed by atoms with Gasteiger partial charge in [-0.25, -0.2) is 4.98 Å². The largest absolute Gasteiger partial charge is 0.484 e. The topological polar surface area (TPSA) is 88.6 Å². The third kappa shape index (κ3) is 6.09. The Hall–Kier alpha value is -2.87. The molecule has 3 rings (SSSR count). The van der Waals surface area contributed by atoms with Crippen LogP contribution in [0.15, 0.2) is 30.3 Å². The standard InChI is InChI=1S/C20H27N5O3/c1-15-3-5-17(6-4-15)28-14-19(26)21-7-8-22-20-23-16(2)13-18(24-20)25-9-11-27-12-10-25/h3-6,13H,7-12,14H2,1-2H3,(H,21,26)(H,22,23,24). The van der Waals surface area contributed by atoms with Gasteiger partial charge in [-0.1, -0.05) is 17.7 Å². The highest BCUT2D eigenvalue weighted by molar-refractivity contribution is 5.77. The summed E-state index contributed by atoms with van der Waals surface area (Å²) in [5, 5.41) is 5.98. The van der Waals surface area contributed by atoms with Crippen LogP contribution in [0.1, 0.15) is 11.3 Å². The van der Waals surface area contributed by atoms with E-state index in [9.17, 15) is 4.79 Å². The molecule has 1 aromatic heterocycles. The average Bonchev–Trinajstić information content (AvgIpc) is 2.71. The Morgan fingerprint density at radius 2 is 1.89 bits per heavy atom. The van der Waals surface area contributed by atoms with Crippen molar-refractivity contribution in [3.63, 3.8) is 0 Å². The van der Waals surface area contributed by atoms with Gasteiger partial charge < -0.3 is 25.0 Å². The van der Waals surface area contributed by atoms with Gasteiger partial charge in [0.15, 0.2) is 6.61 Å². The number of amides is 1. The SMILES string of the molecule is Cc1ccc(OCC(=O)NCCNc2nc(C)cc(N3CCOCC3)n2)cc1. The number of nitrogens with one attached hydrogen (secondary N) is 2. The van der Waals surface area contributed by atoms with Crippen LogP contribution in [-0.2, 0) is 9.53 Å². The van der Waals surface area contributed by atoms with E-state index in [1.807, 2.05) is 44.2 Å². The monoisotopic (exact) mass is 385 g/mol. The number of nitrogens with zero attached hydrogens (tertiary/aromatic N) is 3. The van der Waals surface area contributed by atoms with Crippen molar-refractivity contribution in [1.82, 2.24) is 15.3 Å². The highest BCUT2D eigenvalue weighted by Crippen LogP contribution is 2.16. The molecule has 1 aromatic carbocycles. The van der Waals surface area contributed by atoms with Gasteiger partial charge in [-0.3, -0.25) is 4.79 Å². The molecule has 0 atom stereocenters. The lowest BCUT2D eigenvalue weighted by atomic mass is 10.2. The van der Waals surface area contributed by atoms with Gasteiger partial charge in [-0.15, -0.1) is 0 Å². The maximum atomic E-state index is 11.9. The molecule has 0 spiro atoms. The molecule has 1 saturated heterocycles. The van der Waals surface area contributed by atoms with E-state index in [4.69, 9.17) is 9.47 Å². The van der Waals surface area contributed by atoms with Gasteiger partial charge >= 0.3 is 0 Å². The zero-order valence-electron chi connectivity index (χ0n) is 16.4. The zero-order valence-corrected chi connectivity index (χ0v) is 16.4. The summed E-state index contributed by atoms with van der Waals surface area (Å²) in [5.41, 5.74) is 2.05. The van der Waals surface area contributed by atoms with Crippen molar-refractivity contribution in [2.24, 2.45) is 0 Å². The van der Waals surface area contributed by atoms with Gasteiger partial charge in [0.2, 0.25) is 5.95 Å². The first-order valence-electron chi connectivity index (χ1n) is 9.48. The first-order chi connectivity index (χ1) is 13.6. The maximum absolute atomic E-state index is 11.9. The molecule has 0 bridgehead atoms. The Morgan fingerprint density at radius 1 is 1.14 bits per heavy atom. The molecular formula is C20H27N5O3. The van der Waals surface area contributed by atoms with Crippen LogP contribution in [0.2, 0.25) is 0 Å². The predicted octanol–water partition coefficient (Wildman–Crippen LogP) is 1.54. The van der Waals surface area contributed by atoms with Crippen molar-refractivity contribution >= 4 is 17.7 Å². The van der Waals surface area contributed by atoms with E-state index in [0.717, 1.165) is 30.2 Å². The Morgan fingerprint density at radius 3 is 2.64 bits per heavy atom. The summed E-state index contributed by atoms with van der Waals surface area (Å²) in [6, 6.07) is 9.58. The second-order valence-electron chi connectivity index (χ2n) is 6.67. The molecule has 2 heterocycles. The molecule has 150 valence electrons. The number of aryl methyl sites for hydroxylation is 2. The highest BCUT2D eigenvalue weighted by atomic mass is 16.5. The fraction of sp³-hybridized carbons (Fsp3) is 0.450. The average molecular weight is 385 g/mol. The van der Waals surface area contributed by atoms with E-state index in [-0.39, 0.29) is 12.5 Å². The number of anilines is 2. The van der Waals surface area contributed by atoms with E-state index in [0.29, 0.717) is 38.0 Å². The van der Waals surface area contributed by atoms with Crippen LogP contribution in [0.4, 0.5) is 11.8 Å². The molecule has 0 unspecified atom stereocenters. The molecule has 0 saturated carbocycles. The second-order valence-corrected chi connectivity index (χ2v) is 6.67. The van der Waals surface area contributed by atoms with Gasteiger partial charge in [0.1, 0.15) is 11.6 Å². The van der Waals surface area contributed by atoms with Gasteiger partial charge in [0.25, 0.3) is 5.91 Å². The van der Waals surface area contributed by atoms with Crippen molar-refractivity contribution in [1.29, 1.82) is 0 Å². The minimum atomic E-state index is -0.165. The lowest BCUT2D eigenvalue weighted by Gasteiger charge is -2.28. The Balaban J connectivity index is 1.40. The number of carbonyl (C=O) groups excluding carboxylic acids is 1. The summed E-state index contributed by atoms with van der Waals surface area (Å²) < 4.78 is 10.8. The number of hydrogen-bond donors (Lipinski definition) is 2. The number of carbonyl (C=O) groups is 1. The minimum Gasteiger partial charge on any atom is -0.484 e. The fourth-order valence-corrected chi connectivity index (χ4v) is 2.80. The summed E-state index contributed by atoms with van der Waals surface area (Å²) >= 11 is 0. The third-order valence-electron chi connectivity index (χ3n) is 4.30. The predicted molar refractivity (Wildman–Crippen MR) is 108 cm³/mol. The number of morpholine rings is 1. The number of hydrogen-bond acceptors (Lipinski definition) is 7. The third-order valence-corrected chi connectivity index (χ3v) is 4.30. The normalized spacial score (nSPS) is 13.9. The van der Waals surface area contributed by atoms with Gasteiger partial charge in [0.05, 0.1) is 13.2 Å². The van der Waals surface area contributed by atoms with Gasteiger partial charge in [-0.2, -0.15) is 4.98 Å². The Bertz CT molecular complexity index is 776. The number of benzene rings is 1. The summed E-state index contributed by atoms with van der Waals surface area (Å²) in [5.74, 6) is 1.98. The maximum Gasteiger partial charge on any atom is 0.258 e. The van der Waals surface area contributed by atoms with Crippen molar-refractivity contribution in [2.75, 3.05) is 56.2 Å². The summed E-state index contributed by atoms with van der Waals surface area (Å²) in [6.45, 7) is 8.00. The lowest BCUT2D eigenvalue weighted by Crippen LogP contribution is -2.37. The molecule has 8 heteroatoms. The van der Waals surface area contributed by atoms with Crippen LogP contribution in [0, 0.1) is 13.8 Å². The van der Waals surface area contributed by atoms with E-state index in [2.05, 4.69) is 25.5 Å². The number of aromatic nitrogens is 2. The smallest absolute Gasteiger partial charge is 0.258 e. The van der Waals surface area contributed by atoms with Crippen LogP contribution in [0.5, 0.6) is 5.75 Å². The molecule has 0 radical (unpaired) electrons. The first kappa shape index (κ1) is 19.9. The molecule has 8 nitrogen and oxygen atoms in total. The molecule has 1 aliphatic heterocycles. The minimum absolute atomic E-state index is 0.00874. The van der Waals surface area contributed by atoms with Crippen LogP contribution >= 0.6 is 0 Å². The number of ether oxygens (including phenoxy) is 2. The summed E-state index contributed by atoms with van der Waals surface area (Å²) in [6.07, 6.45) is 0. The fourth-order valence-electron chi connectivity index (χ4n) is 2.80. The van der Waals surface area contributed by atoms with Gasteiger partial charge in [0, 0.05) is 37.9 Å². The molecular weight excluding hydrogens is 358 g/mol. The van der Waals surface area contributed by atoms with Crippen molar-refractivity contribution in [3.8, 4) is 5.75 Å². The number of rotatable bonds is 8. The first-order valence-corrected chi connectivity index (χ1v) is 9.48. The highest BCUT2D eigenvalue weighted by Gasteiger charge is 2.14. The molecule has 2 N–H and O–H groups in total. The van der Waals surface area contributed by atoms with Gasteiger partial charge in [-0.05, 0) is 26.0 Å². The molecule has 2 aromatic rings. The van der Waals surface area contributed by atoms with E-state index < -0.39 is 0 Å². The summed E-state index contributed by atoms with van der Waals surface area (Å²) in [7, 11) is 0. The lowest BCUT2D eigenvalue weighted by molar-refractivity contribution is -0.123. The Labute approximate surface area is 165 Å². The van der Waals surface area contributed by atoms with Crippen LogP contribution in [0.25, 0.3) is 0 Å². The van der Waals surface area contributed by atoms with Crippen molar-refractivity contribution < 1.29 is 14.3 Å². The van der Waals surface area contributed by atoms with Crippen molar-refractivity contribution in [2.45, 2.75) is 13.8 Å². The van der Waals surface area contributed by atoms with Crippen LogP contribution in [0.3, 0.4) is 0 Å². The van der Waals surface area contributed by atoms with Crippen LogP contribution < -0.4 is 20.3 Å². The Kier molecular flexibility index (Phi) is 7.02. The molecule has 0 aliphatic carbocycles. The van der Waals surface area contributed by atoms with E-state index >= 15 is 0 Å². The van der Waals surface area contributed by atoms with E-state index in [1.165, 1.54) is 0 Å². The zero-order chi connectivity index (χ0) is 19.8. The summed E-state index contributed by atoms with van der Waals surface area (Å²) in [4.78, 5) is 23.1. The quantitative estimate of drug-likeness (QED) is 0.666. The molecule has 1 fully saturated rings. The molecule has 28 heavy (non-hydrogen) atoms. The molecule has 1 amide bonds. The van der Waals surface area contributed by atoms with Crippen LogP contribution in [-0.4, -0.2) is 61.9 Å².